The summed E-state index contributed by atoms with van der Waals surface area (Å²) in [5.74, 6) is -5.12. The molecule has 2 aromatic rings. The first-order chi connectivity index (χ1) is 18.7. The zero-order valence-electron chi connectivity index (χ0n) is 21.0. The highest BCUT2D eigenvalue weighted by Gasteiger charge is 2.48. The molecule has 0 radical (unpaired) electrons. The molecule has 5 unspecified atom stereocenters. The molecule has 2 aromatic carbocycles. The number of benzene rings is 2. The Bertz CT molecular complexity index is 1360. The Morgan fingerprint density at radius 3 is 2.08 bits per heavy atom. The van der Waals surface area contributed by atoms with Gasteiger partial charge in [-0.2, -0.15) is 5.26 Å². The van der Waals surface area contributed by atoms with Gasteiger partial charge in [-0.3, -0.25) is 4.90 Å². The van der Waals surface area contributed by atoms with Gasteiger partial charge in [0.1, 0.15) is 36.2 Å². The third-order valence-electron chi connectivity index (χ3n) is 6.95. The molecule has 1 saturated carbocycles. The molecule has 204 valence electrons. The normalized spacial score (nSPS) is 27.2. The molecule has 2 aliphatic rings. The lowest BCUT2D eigenvalue weighted by Crippen LogP contribution is -2.44. The molecule has 0 amide bonds. The predicted molar refractivity (Wildman–Crippen MR) is 133 cm³/mol. The van der Waals surface area contributed by atoms with Gasteiger partial charge in [0.25, 0.3) is 0 Å². The van der Waals surface area contributed by atoms with Crippen molar-refractivity contribution in [2.45, 2.75) is 42.9 Å². The second-order valence-corrected chi connectivity index (χ2v) is 9.11. The maximum atomic E-state index is 14.8. The lowest BCUT2D eigenvalue weighted by atomic mass is 9.78. The van der Waals surface area contributed by atoms with Gasteiger partial charge in [-0.1, -0.05) is 42.5 Å². The summed E-state index contributed by atoms with van der Waals surface area (Å²) in [4.78, 5) is 27.3. The van der Waals surface area contributed by atoms with Crippen LogP contribution >= 0.6 is 0 Å². The van der Waals surface area contributed by atoms with E-state index in [1.54, 1.807) is 30.3 Å². The van der Waals surface area contributed by atoms with Crippen LogP contribution in [0.1, 0.15) is 29.4 Å². The van der Waals surface area contributed by atoms with Gasteiger partial charge in [0.2, 0.25) is 0 Å². The van der Waals surface area contributed by atoms with E-state index in [1.165, 1.54) is 24.3 Å². The first-order valence-corrected chi connectivity index (χ1v) is 12.0. The number of alkyl halides is 4. The van der Waals surface area contributed by atoms with Gasteiger partial charge in [-0.05, 0) is 23.3 Å². The summed E-state index contributed by atoms with van der Waals surface area (Å²) in [6.45, 7) is 0. The second-order valence-electron chi connectivity index (χ2n) is 9.11. The van der Waals surface area contributed by atoms with Crippen molar-refractivity contribution >= 4 is 17.6 Å². The van der Waals surface area contributed by atoms with Crippen molar-refractivity contribution in [2.24, 2.45) is 5.73 Å². The zero-order valence-corrected chi connectivity index (χ0v) is 21.0. The summed E-state index contributed by atoms with van der Waals surface area (Å²) in [5.41, 5.74) is 6.02. The van der Waals surface area contributed by atoms with Crippen molar-refractivity contribution in [3.63, 3.8) is 0 Å². The third-order valence-corrected chi connectivity index (χ3v) is 6.95. The van der Waals surface area contributed by atoms with Crippen LogP contribution in [0.4, 0.5) is 23.2 Å². The van der Waals surface area contributed by atoms with E-state index in [0.29, 0.717) is 5.56 Å². The zero-order chi connectivity index (χ0) is 28.4. The average Bonchev–Trinajstić information content (AvgIpc) is 2.95. The number of nitrogens with zero attached hydrogens (tertiary/aromatic N) is 2. The predicted octanol–water partition coefficient (Wildman–Crippen LogP) is 4.42. The Labute approximate surface area is 222 Å². The summed E-state index contributed by atoms with van der Waals surface area (Å²) in [7, 11) is 2.17. The van der Waals surface area contributed by atoms with Crippen LogP contribution in [0, 0.1) is 11.3 Å². The first-order valence-electron chi connectivity index (χ1n) is 12.0. The Morgan fingerprint density at radius 1 is 0.923 bits per heavy atom. The van der Waals surface area contributed by atoms with Gasteiger partial charge < -0.3 is 15.2 Å². The molecule has 7 nitrogen and oxygen atoms in total. The summed E-state index contributed by atoms with van der Waals surface area (Å²) >= 11 is 0. The van der Waals surface area contributed by atoms with E-state index in [1.807, 2.05) is 6.07 Å². The van der Waals surface area contributed by atoms with Crippen LogP contribution in [0.3, 0.4) is 0 Å². The standard InChI is InChI=1S/C28H25F4N3O4/c1-38-27(36)22-20(14-7-4-3-5-8-14)17(13-33)26(34)35(25(22)28(37)39-2)16-10-6-9-15(11-16)21-23(31)18(29)12-19(30)24(21)32/h3-11,18-21,23-24H,12,34H2,1-2H3. The molecule has 0 bridgehead atoms. The molecule has 0 spiro atoms. The van der Waals surface area contributed by atoms with Crippen molar-refractivity contribution in [2.75, 3.05) is 19.1 Å². The lowest BCUT2D eigenvalue weighted by Gasteiger charge is -2.37. The molecule has 1 fully saturated rings. The number of nitriles is 1. The fourth-order valence-corrected chi connectivity index (χ4v) is 5.12. The van der Waals surface area contributed by atoms with Crippen LogP contribution in [0.2, 0.25) is 0 Å². The monoisotopic (exact) mass is 543 g/mol. The number of hydrogen-bond acceptors (Lipinski definition) is 7. The van der Waals surface area contributed by atoms with Gasteiger partial charge in [0, 0.05) is 12.1 Å². The number of carbonyl (C=O) groups excluding carboxylic acids is 2. The number of ether oxygens (including phenoxy) is 2. The van der Waals surface area contributed by atoms with Crippen molar-refractivity contribution in [3.05, 3.63) is 88.4 Å². The molecule has 5 atom stereocenters. The number of nitrogens with two attached hydrogens (primary N) is 1. The minimum absolute atomic E-state index is 0.00172. The Kier molecular flexibility index (Phi) is 7.95. The van der Waals surface area contributed by atoms with Crippen molar-refractivity contribution in [1.29, 1.82) is 5.26 Å². The van der Waals surface area contributed by atoms with E-state index in [9.17, 15) is 32.4 Å². The van der Waals surface area contributed by atoms with Crippen LogP contribution in [-0.2, 0) is 19.1 Å². The van der Waals surface area contributed by atoms with Crippen LogP contribution < -0.4 is 10.6 Å². The van der Waals surface area contributed by atoms with Gasteiger partial charge in [0.05, 0.1) is 43.3 Å². The van der Waals surface area contributed by atoms with E-state index >= 15 is 0 Å². The largest absolute Gasteiger partial charge is 0.466 e. The number of halogens is 4. The highest BCUT2D eigenvalue weighted by molar-refractivity contribution is 6.06. The molecule has 1 heterocycles. The molecular formula is C28H25F4N3O4. The number of methoxy groups -OCH3 is 2. The number of hydrogen-bond donors (Lipinski definition) is 1. The minimum atomic E-state index is -2.32. The molecule has 2 N–H and O–H groups in total. The molecule has 0 aromatic heterocycles. The number of allylic oxidation sites excluding steroid dienone is 1. The van der Waals surface area contributed by atoms with Gasteiger partial charge in [-0.15, -0.1) is 0 Å². The van der Waals surface area contributed by atoms with Crippen LogP contribution in [0.5, 0.6) is 0 Å². The number of carbonyl (C=O) groups is 2. The number of esters is 2. The summed E-state index contributed by atoms with van der Waals surface area (Å²) < 4.78 is 67.9. The smallest absolute Gasteiger partial charge is 0.355 e. The average molecular weight is 544 g/mol. The molecular weight excluding hydrogens is 518 g/mol. The van der Waals surface area contributed by atoms with Crippen LogP contribution in [-0.4, -0.2) is 50.8 Å². The van der Waals surface area contributed by atoms with Gasteiger partial charge >= 0.3 is 11.9 Å². The second kappa shape index (κ2) is 11.2. The van der Waals surface area contributed by atoms with E-state index in [-0.39, 0.29) is 28.2 Å². The van der Waals surface area contributed by atoms with Gasteiger partial charge in [0.15, 0.2) is 0 Å². The maximum Gasteiger partial charge on any atom is 0.355 e. The molecule has 1 aliphatic carbocycles. The Morgan fingerprint density at radius 2 is 1.51 bits per heavy atom. The molecule has 4 rings (SSSR count). The van der Waals surface area contributed by atoms with E-state index in [0.717, 1.165) is 19.1 Å². The summed E-state index contributed by atoms with van der Waals surface area (Å²) in [6, 6.07) is 15.6. The fraction of sp³-hybridized carbons (Fsp3) is 0.321. The van der Waals surface area contributed by atoms with Crippen molar-refractivity contribution in [1.82, 2.24) is 0 Å². The quantitative estimate of drug-likeness (QED) is 0.440. The van der Waals surface area contributed by atoms with E-state index in [2.05, 4.69) is 0 Å². The molecule has 39 heavy (non-hydrogen) atoms. The Hall–Kier alpha value is -4.33. The molecule has 0 saturated heterocycles. The minimum Gasteiger partial charge on any atom is -0.466 e. The highest BCUT2D eigenvalue weighted by Crippen LogP contribution is 2.45. The first kappa shape index (κ1) is 27.7. The third kappa shape index (κ3) is 4.82. The number of rotatable bonds is 5. The van der Waals surface area contributed by atoms with Crippen molar-refractivity contribution < 1.29 is 36.6 Å². The summed E-state index contributed by atoms with van der Waals surface area (Å²) in [6.07, 6.45) is -9.97. The van der Waals surface area contributed by atoms with Crippen LogP contribution in [0.15, 0.2) is 77.3 Å². The highest BCUT2D eigenvalue weighted by atomic mass is 19.2. The number of anilines is 1. The fourth-order valence-electron chi connectivity index (χ4n) is 5.12. The molecule has 1 aliphatic heterocycles. The van der Waals surface area contributed by atoms with Crippen LogP contribution in [0.25, 0.3) is 0 Å². The topological polar surface area (TPSA) is 106 Å². The van der Waals surface area contributed by atoms with Gasteiger partial charge in [-0.25, -0.2) is 27.2 Å². The lowest BCUT2D eigenvalue weighted by molar-refractivity contribution is -0.139. The van der Waals surface area contributed by atoms with E-state index < -0.39 is 60.6 Å². The van der Waals surface area contributed by atoms with Crippen molar-refractivity contribution in [3.8, 4) is 6.07 Å². The maximum absolute atomic E-state index is 14.8. The van der Waals surface area contributed by atoms with E-state index in [4.69, 9.17) is 15.2 Å². The SMILES string of the molecule is COC(=O)C1=C(C(=O)OC)N(c2cccc(C3C(F)C(F)CC(F)C3F)c2)C(N)=C(C#N)C1c1ccccc1. The Balaban J connectivity index is 1.97. The summed E-state index contributed by atoms with van der Waals surface area (Å²) in [5, 5.41) is 10.1. The molecule has 11 heteroatoms.